The average molecular weight is 408 g/mol. The molecule has 2 rings (SSSR count). The number of aliphatic imine (C=N–C) groups is 1. The zero-order valence-electron chi connectivity index (χ0n) is 18.5. The molecule has 3 N–H and O–H groups in total. The van der Waals surface area contributed by atoms with Gasteiger partial charge in [-0.05, 0) is 58.7 Å². The number of carbonyl (C=O) groups is 1. The van der Waals surface area contributed by atoms with Crippen LogP contribution < -0.4 is 10.6 Å². The Bertz CT molecular complexity index is 684. The number of rotatable bonds is 9. The summed E-state index contributed by atoms with van der Waals surface area (Å²) in [6.45, 7) is 9.09. The highest BCUT2D eigenvalue weighted by molar-refractivity contribution is 5.81. The number of furan rings is 1. The standard InChI is InChI=1S/C21H37N5O3/c1-6-22-20(24-15-21(3,28)18-11-10-16(2)29-18)23-12-8-14-26-13-7-9-17(26)19(27)25(4)5/h10-11,17,28H,6-9,12-15H2,1-5H3,(H2,22,23,24). The Morgan fingerprint density at radius 1 is 1.41 bits per heavy atom. The lowest BCUT2D eigenvalue weighted by Crippen LogP contribution is -2.44. The van der Waals surface area contributed by atoms with Crippen molar-refractivity contribution in [1.82, 2.24) is 20.4 Å². The molecule has 1 aromatic rings. The van der Waals surface area contributed by atoms with E-state index in [-0.39, 0.29) is 18.5 Å². The lowest BCUT2D eigenvalue weighted by molar-refractivity contribution is -0.133. The van der Waals surface area contributed by atoms with Gasteiger partial charge in [0.05, 0.1) is 12.6 Å². The van der Waals surface area contributed by atoms with Crippen molar-refractivity contribution in [3.8, 4) is 0 Å². The normalized spacial score (nSPS) is 19.8. The summed E-state index contributed by atoms with van der Waals surface area (Å²) < 4.78 is 5.55. The number of carbonyl (C=O) groups excluding carboxylic acids is 1. The van der Waals surface area contributed by atoms with E-state index in [4.69, 9.17) is 4.42 Å². The molecule has 0 aliphatic carbocycles. The maximum absolute atomic E-state index is 12.3. The molecular weight excluding hydrogens is 370 g/mol. The number of aliphatic hydroxyl groups is 1. The smallest absolute Gasteiger partial charge is 0.239 e. The van der Waals surface area contributed by atoms with Crippen LogP contribution in [-0.4, -0.2) is 79.6 Å². The van der Waals surface area contributed by atoms with Crippen LogP contribution >= 0.6 is 0 Å². The van der Waals surface area contributed by atoms with Gasteiger partial charge in [-0.15, -0.1) is 0 Å². The molecular formula is C21H37N5O3. The summed E-state index contributed by atoms with van der Waals surface area (Å²) >= 11 is 0. The molecule has 1 amide bonds. The molecule has 8 nitrogen and oxygen atoms in total. The van der Waals surface area contributed by atoms with E-state index < -0.39 is 5.60 Å². The highest BCUT2D eigenvalue weighted by Gasteiger charge is 2.31. The van der Waals surface area contributed by atoms with E-state index in [2.05, 4.69) is 20.5 Å². The van der Waals surface area contributed by atoms with E-state index in [9.17, 15) is 9.90 Å². The minimum atomic E-state index is -1.16. The second-order valence-electron chi connectivity index (χ2n) is 8.09. The van der Waals surface area contributed by atoms with E-state index in [1.54, 1.807) is 17.9 Å². The number of nitrogens with zero attached hydrogens (tertiary/aromatic N) is 3. The van der Waals surface area contributed by atoms with Crippen LogP contribution in [0.1, 0.15) is 44.6 Å². The first-order valence-electron chi connectivity index (χ1n) is 10.5. The molecule has 0 bridgehead atoms. The second kappa shape index (κ2) is 10.6. The lowest BCUT2D eigenvalue weighted by atomic mass is 10.0. The molecule has 1 fully saturated rings. The topological polar surface area (TPSA) is 93.3 Å². The van der Waals surface area contributed by atoms with Crippen LogP contribution in [0.3, 0.4) is 0 Å². The van der Waals surface area contributed by atoms with Crippen molar-refractivity contribution in [3.05, 3.63) is 23.7 Å². The molecule has 0 radical (unpaired) electrons. The third kappa shape index (κ3) is 6.75. The Hall–Kier alpha value is -2.06. The molecule has 0 saturated carbocycles. The summed E-state index contributed by atoms with van der Waals surface area (Å²) in [5.41, 5.74) is -1.16. The van der Waals surface area contributed by atoms with Gasteiger partial charge in [-0.3, -0.25) is 9.69 Å². The first kappa shape index (κ1) is 23.2. The largest absolute Gasteiger partial charge is 0.463 e. The molecule has 8 heteroatoms. The Morgan fingerprint density at radius 2 is 2.17 bits per heavy atom. The molecule has 29 heavy (non-hydrogen) atoms. The number of nitrogens with one attached hydrogen (secondary N) is 2. The number of aryl methyl sites for hydroxylation is 1. The van der Waals surface area contributed by atoms with E-state index in [0.717, 1.165) is 51.2 Å². The van der Waals surface area contributed by atoms with Crippen LogP contribution in [0, 0.1) is 6.92 Å². The third-order valence-corrected chi connectivity index (χ3v) is 5.16. The van der Waals surface area contributed by atoms with Gasteiger partial charge in [0.25, 0.3) is 0 Å². The fourth-order valence-corrected chi connectivity index (χ4v) is 3.54. The number of hydrogen-bond donors (Lipinski definition) is 3. The molecule has 0 spiro atoms. The van der Waals surface area contributed by atoms with Crippen molar-refractivity contribution in [2.45, 2.75) is 51.7 Å². The van der Waals surface area contributed by atoms with Gasteiger partial charge < -0.3 is 25.1 Å². The number of likely N-dealkylation sites (N-methyl/N-ethyl adjacent to an activating group) is 1. The number of guanidine groups is 1. The summed E-state index contributed by atoms with van der Waals surface area (Å²) in [7, 11) is 3.64. The lowest BCUT2D eigenvalue weighted by Gasteiger charge is -2.26. The van der Waals surface area contributed by atoms with Crippen molar-refractivity contribution >= 4 is 11.9 Å². The minimum absolute atomic E-state index is 0.0127. The molecule has 1 aliphatic heterocycles. The molecule has 164 valence electrons. The number of hydrogen-bond acceptors (Lipinski definition) is 5. The van der Waals surface area contributed by atoms with Crippen molar-refractivity contribution < 1.29 is 14.3 Å². The summed E-state index contributed by atoms with van der Waals surface area (Å²) in [5.74, 6) is 2.14. The Morgan fingerprint density at radius 3 is 2.79 bits per heavy atom. The Kier molecular flexibility index (Phi) is 8.52. The van der Waals surface area contributed by atoms with Gasteiger partial charge >= 0.3 is 0 Å². The Labute approximate surface area is 174 Å². The maximum Gasteiger partial charge on any atom is 0.239 e. The second-order valence-corrected chi connectivity index (χ2v) is 8.09. The van der Waals surface area contributed by atoms with Crippen LogP contribution in [0.2, 0.25) is 0 Å². The van der Waals surface area contributed by atoms with Crippen LogP contribution in [-0.2, 0) is 10.4 Å². The highest BCUT2D eigenvalue weighted by Crippen LogP contribution is 2.23. The average Bonchev–Trinajstić information content (AvgIpc) is 3.31. The maximum atomic E-state index is 12.3. The molecule has 1 saturated heterocycles. The van der Waals surface area contributed by atoms with Crippen LogP contribution in [0.5, 0.6) is 0 Å². The predicted octanol–water partition coefficient (Wildman–Crippen LogP) is 1.29. The molecule has 2 atom stereocenters. The summed E-state index contributed by atoms with van der Waals surface area (Å²) in [5, 5.41) is 17.2. The van der Waals surface area contributed by atoms with Crippen molar-refractivity contribution in [3.63, 3.8) is 0 Å². The summed E-state index contributed by atoms with van der Waals surface area (Å²) in [6.07, 6.45) is 2.92. The fourth-order valence-electron chi connectivity index (χ4n) is 3.54. The summed E-state index contributed by atoms with van der Waals surface area (Å²) in [4.78, 5) is 20.8. The van der Waals surface area contributed by atoms with Gasteiger partial charge in [-0.2, -0.15) is 0 Å². The van der Waals surface area contributed by atoms with Crippen molar-refractivity contribution in [1.29, 1.82) is 0 Å². The van der Waals surface area contributed by atoms with E-state index >= 15 is 0 Å². The molecule has 0 aromatic carbocycles. The number of amides is 1. The van der Waals surface area contributed by atoms with Crippen LogP contribution in [0.25, 0.3) is 0 Å². The van der Waals surface area contributed by atoms with E-state index in [1.807, 2.05) is 34.0 Å². The van der Waals surface area contributed by atoms with Gasteiger partial charge in [0.1, 0.15) is 17.1 Å². The van der Waals surface area contributed by atoms with Gasteiger partial charge in [0.15, 0.2) is 5.96 Å². The van der Waals surface area contributed by atoms with Crippen molar-refractivity contribution in [2.75, 3.05) is 46.8 Å². The van der Waals surface area contributed by atoms with Crippen LogP contribution in [0.15, 0.2) is 21.5 Å². The van der Waals surface area contributed by atoms with E-state index in [0.29, 0.717) is 11.7 Å². The summed E-state index contributed by atoms with van der Waals surface area (Å²) in [6, 6.07) is 3.63. The quantitative estimate of drug-likeness (QED) is 0.325. The zero-order valence-corrected chi connectivity index (χ0v) is 18.5. The fraction of sp³-hybridized carbons (Fsp3) is 0.714. The van der Waals surface area contributed by atoms with Gasteiger partial charge in [-0.1, -0.05) is 0 Å². The predicted molar refractivity (Wildman–Crippen MR) is 115 cm³/mol. The van der Waals surface area contributed by atoms with E-state index in [1.165, 1.54) is 0 Å². The zero-order chi connectivity index (χ0) is 21.4. The first-order valence-corrected chi connectivity index (χ1v) is 10.5. The Balaban J connectivity index is 1.83. The van der Waals surface area contributed by atoms with Gasteiger partial charge in [-0.25, -0.2) is 4.99 Å². The van der Waals surface area contributed by atoms with Crippen LogP contribution in [0.4, 0.5) is 0 Å². The number of likely N-dealkylation sites (tertiary alicyclic amines) is 1. The first-order chi connectivity index (χ1) is 13.7. The minimum Gasteiger partial charge on any atom is -0.463 e. The SMILES string of the molecule is CCNC(=NCC(C)(O)c1ccc(C)o1)NCCCN1CCCC1C(=O)N(C)C. The third-order valence-electron chi connectivity index (χ3n) is 5.16. The van der Waals surface area contributed by atoms with Gasteiger partial charge in [0, 0.05) is 33.7 Å². The molecule has 2 unspecified atom stereocenters. The molecule has 1 aliphatic rings. The van der Waals surface area contributed by atoms with Crippen molar-refractivity contribution in [2.24, 2.45) is 4.99 Å². The van der Waals surface area contributed by atoms with Gasteiger partial charge in [0.2, 0.25) is 5.91 Å². The molecule has 2 heterocycles. The molecule has 1 aromatic heterocycles. The highest BCUT2D eigenvalue weighted by atomic mass is 16.4. The monoisotopic (exact) mass is 407 g/mol.